The molecule has 0 aliphatic rings. The minimum Gasteiger partial charge on any atom is -0.375 e. The number of ether oxygens (including phenoxy) is 1. The van der Waals surface area contributed by atoms with Gasteiger partial charge < -0.3 is 37.5 Å². The Balaban J connectivity index is 4.02. The van der Waals surface area contributed by atoms with Crippen molar-refractivity contribution in [1.29, 1.82) is 0 Å². The Kier molecular flexibility index (Phi) is 11.1. The molecule has 0 aliphatic heterocycles. The van der Waals surface area contributed by atoms with Crippen LogP contribution in [0, 0.1) is 0 Å². The summed E-state index contributed by atoms with van der Waals surface area (Å²) in [4.78, 5) is 23.1. The molecule has 0 aliphatic carbocycles. The zero-order chi connectivity index (χ0) is 19.3. The maximum atomic E-state index is 11.7. The molecule has 0 saturated carbocycles. The fraction of sp³-hybridized carbons (Fsp3) is 0.875. The average Bonchev–Trinajstić information content (AvgIpc) is 2.49. The third-order valence-corrected chi connectivity index (χ3v) is 3.54. The number of carbonyl (C=O) groups excluding carboxylic acids is 2. The number of nitrogens with two attached hydrogens (primary N) is 2. The van der Waals surface area contributed by atoms with Gasteiger partial charge in [0.25, 0.3) is 0 Å². The first kappa shape index (κ1) is 23.4. The lowest BCUT2D eigenvalue weighted by atomic mass is 10.0. The second kappa shape index (κ2) is 11.9. The lowest BCUT2D eigenvalue weighted by molar-refractivity contribution is -0.0292. The predicted octanol–water partition coefficient (Wildman–Crippen LogP) is -0.144. The molecule has 0 atom stereocenters. The number of urea groups is 2. The SMILES string of the molecule is CC(C)(CCOC(C)(C)CCNC(=O)NCCN)NC(=O)NCCN. The van der Waals surface area contributed by atoms with Gasteiger partial charge in [0.05, 0.1) is 5.60 Å². The Morgan fingerprint density at radius 1 is 0.840 bits per heavy atom. The molecule has 8 N–H and O–H groups in total. The van der Waals surface area contributed by atoms with Gasteiger partial charge in [-0.15, -0.1) is 0 Å². The summed E-state index contributed by atoms with van der Waals surface area (Å²) in [6, 6.07) is -0.461. The van der Waals surface area contributed by atoms with E-state index in [1.807, 2.05) is 27.7 Å². The molecule has 0 aromatic rings. The van der Waals surface area contributed by atoms with Gasteiger partial charge in [0, 0.05) is 44.9 Å². The molecule has 25 heavy (non-hydrogen) atoms. The second-order valence-corrected chi connectivity index (χ2v) is 7.13. The van der Waals surface area contributed by atoms with Crippen molar-refractivity contribution in [2.24, 2.45) is 11.5 Å². The van der Waals surface area contributed by atoms with Crippen molar-refractivity contribution in [3.8, 4) is 0 Å². The van der Waals surface area contributed by atoms with Crippen LogP contribution in [0.25, 0.3) is 0 Å². The van der Waals surface area contributed by atoms with E-state index in [0.717, 1.165) is 0 Å². The summed E-state index contributed by atoms with van der Waals surface area (Å²) in [5.41, 5.74) is 9.90. The molecule has 0 radical (unpaired) electrons. The molecule has 0 aromatic carbocycles. The van der Waals surface area contributed by atoms with Crippen molar-refractivity contribution >= 4 is 12.1 Å². The Labute approximate surface area is 151 Å². The fourth-order valence-electron chi connectivity index (χ4n) is 1.98. The van der Waals surface area contributed by atoms with Crippen LogP contribution in [-0.2, 0) is 4.74 Å². The van der Waals surface area contributed by atoms with Gasteiger partial charge in [0.2, 0.25) is 0 Å². The van der Waals surface area contributed by atoms with Crippen LogP contribution in [0.4, 0.5) is 9.59 Å². The van der Waals surface area contributed by atoms with E-state index >= 15 is 0 Å². The summed E-state index contributed by atoms with van der Waals surface area (Å²) < 4.78 is 5.91. The Morgan fingerprint density at radius 2 is 1.36 bits per heavy atom. The molecule has 4 amide bonds. The lowest BCUT2D eigenvalue weighted by Crippen LogP contribution is -2.50. The molecule has 0 aromatic heterocycles. The summed E-state index contributed by atoms with van der Waals surface area (Å²) in [5, 5.41) is 11.0. The molecule has 0 bridgehead atoms. The van der Waals surface area contributed by atoms with E-state index < -0.39 is 5.54 Å². The maximum absolute atomic E-state index is 11.7. The summed E-state index contributed by atoms with van der Waals surface area (Å²) >= 11 is 0. The van der Waals surface area contributed by atoms with E-state index in [2.05, 4.69) is 21.3 Å². The summed E-state index contributed by atoms with van der Waals surface area (Å²) in [6.45, 7) is 10.5. The number of hydrogen-bond acceptors (Lipinski definition) is 5. The van der Waals surface area contributed by atoms with Crippen LogP contribution in [0.1, 0.15) is 40.5 Å². The molecular weight excluding hydrogens is 324 g/mol. The van der Waals surface area contributed by atoms with Crippen LogP contribution in [0.15, 0.2) is 0 Å². The molecule has 9 heteroatoms. The van der Waals surface area contributed by atoms with Gasteiger partial charge in [-0.25, -0.2) is 9.59 Å². The highest BCUT2D eigenvalue weighted by Gasteiger charge is 2.23. The summed E-state index contributed by atoms with van der Waals surface area (Å²) in [5.74, 6) is 0. The van der Waals surface area contributed by atoms with Gasteiger partial charge in [-0.3, -0.25) is 0 Å². The largest absolute Gasteiger partial charge is 0.375 e. The van der Waals surface area contributed by atoms with E-state index in [1.54, 1.807) is 0 Å². The van der Waals surface area contributed by atoms with Gasteiger partial charge in [-0.2, -0.15) is 0 Å². The van der Waals surface area contributed by atoms with Crippen LogP contribution in [-0.4, -0.2) is 62.5 Å². The highest BCUT2D eigenvalue weighted by molar-refractivity contribution is 5.74. The first-order valence-corrected chi connectivity index (χ1v) is 8.74. The highest BCUT2D eigenvalue weighted by atomic mass is 16.5. The second-order valence-electron chi connectivity index (χ2n) is 7.13. The van der Waals surface area contributed by atoms with E-state index in [9.17, 15) is 9.59 Å². The smallest absolute Gasteiger partial charge is 0.315 e. The van der Waals surface area contributed by atoms with Crippen LogP contribution < -0.4 is 32.7 Å². The molecule has 0 rings (SSSR count). The van der Waals surface area contributed by atoms with E-state index in [4.69, 9.17) is 16.2 Å². The van der Waals surface area contributed by atoms with Crippen molar-refractivity contribution in [2.45, 2.75) is 51.7 Å². The van der Waals surface area contributed by atoms with E-state index in [0.29, 0.717) is 52.2 Å². The van der Waals surface area contributed by atoms with Gasteiger partial charge in [-0.05, 0) is 40.5 Å². The molecule has 9 nitrogen and oxygen atoms in total. The molecule has 0 unspecified atom stereocenters. The molecule has 0 heterocycles. The Hall–Kier alpha value is -1.58. The number of carbonyl (C=O) groups is 2. The fourth-order valence-corrected chi connectivity index (χ4v) is 1.98. The number of amides is 4. The standard InChI is InChI=1S/C16H36N6O3/c1-15(2,22-14(24)21-11-8-18)6-12-25-16(3,4)5-9-19-13(23)20-10-7-17/h5-12,17-18H2,1-4H3,(H2,19,20,23)(H2,21,22,24). The van der Waals surface area contributed by atoms with Crippen LogP contribution in [0.2, 0.25) is 0 Å². The number of nitrogens with one attached hydrogen (secondary N) is 4. The van der Waals surface area contributed by atoms with Gasteiger partial charge in [-0.1, -0.05) is 0 Å². The third kappa shape index (κ3) is 13.4. The monoisotopic (exact) mass is 360 g/mol. The first-order chi connectivity index (χ1) is 11.6. The van der Waals surface area contributed by atoms with Gasteiger partial charge in [0.1, 0.15) is 0 Å². The maximum Gasteiger partial charge on any atom is 0.315 e. The molecule has 0 saturated heterocycles. The van der Waals surface area contributed by atoms with Crippen molar-refractivity contribution in [3.63, 3.8) is 0 Å². The topological polar surface area (TPSA) is 144 Å². The lowest BCUT2D eigenvalue weighted by Gasteiger charge is -2.30. The third-order valence-electron chi connectivity index (χ3n) is 3.54. The van der Waals surface area contributed by atoms with E-state index in [-0.39, 0.29) is 17.7 Å². The minimum absolute atomic E-state index is 0.227. The van der Waals surface area contributed by atoms with Gasteiger partial charge >= 0.3 is 12.1 Å². The van der Waals surface area contributed by atoms with Crippen LogP contribution >= 0.6 is 0 Å². The summed E-state index contributed by atoms with van der Waals surface area (Å²) in [6.07, 6.45) is 1.34. The molecular formula is C16H36N6O3. The average molecular weight is 361 g/mol. The highest BCUT2D eigenvalue weighted by Crippen LogP contribution is 2.16. The normalized spacial score (nSPS) is 11.8. The summed E-state index contributed by atoms with van der Waals surface area (Å²) in [7, 11) is 0. The van der Waals surface area contributed by atoms with Crippen molar-refractivity contribution in [3.05, 3.63) is 0 Å². The minimum atomic E-state index is -0.394. The number of hydrogen-bond donors (Lipinski definition) is 6. The van der Waals surface area contributed by atoms with Gasteiger partial charge in [0.15, 0.2) is 0 Å². The van der Waals surface area contributed by atoms with Crippen molar-refractivity contribution < 1.29 is 14.3 Å². The zero-order valence-corrected chi connectivity index (χ0v) is 16.0. The molecule has 148 valence electrons. The van der Waals surface area contributed by atoms with Crippen LogP contribution in [0.3, 0.4) is 0 Å². The van der Waals surface area contributed by atoms with Crippen molar-refractivity contribution in [2.75, 3.05) is 39.3 Å². The Bertz CT molecular complexity index is 401. The number of rotatable bonds is 12. The predicted molar refractivity (Wildman–Crippen MR) is 99.4 cm³/mol. The van der Waals surface area contributed by atoms with Crippen molar-refractivity contribution in [1.82, 2.24) is 21.3 Å². The quantitative estimate of drug-likeness (QED) is 0.287. The van der Waals surface area contributed by atoms with E-state index in [1.165, 1.54) is 0 Å². The zero-order valence-electron chi connectivity index (χ0n) is 16.0. The molecule has 0 fully saturated rings. The first-order valence-electron chi connectivity index (χ1n) is 8.74. The Morgan fingerprint density at radius 3 is 1.92 bits per heavy atom. The van der Waals surface area contributed by atoms with Crippen LogP contribution in [0.5, 0.6) is 0 Å². The molecule has 0 spiro atoms.